The van der Waals surface area contributed by atoms with E-state index in [1.165, 1.54) is 23.0 Å². The second-order valence-electron chi connectivity index (χ2n) is 9.79. The van der Waals surface area contributed by atoms with Gasteiger partial charge in [-0.3, -0.25) is 9.69 Å². The third-order valence-corrected chi connectivity index (χ3v) is 8.18. The van der Waals surface area contributed by atoms with E-state index in [0.29, 0.717) is 29.6 Å². The van der Waals surface area contributed by atoms with Gasteiger partial charge in [-0.25, -0.2) is 4.39 Å². The van der Waals surface area contributed by atoms with Crippen molar-refractivity contribution in [1.29, 1.82) is 0 Å². The maximum Gasteiger partial charge on any atom is 0.196 e. The highest BCUT2D eigenvalue weighted by molar-refractivity contribution is 7.22. The number of methoxy groups -OCH3 is 1. The topological polar surface area (TPSA) is 54.7 Å². The molecule has 5 nitrogen and oxygen atoms in total. The molecule has 1 unspecified atom stereocenters. The van der Waals surface area contributed by atoms with Crippen LogP contribution in [0.5, 0.6) is 5.75 Å². The van der Waals surface area contributed by atoms with E-state index in [1.807, 2.05) is 54.1 Å². The zero-order valence-corrected chi connectivity index (χ0v) is 23.0. The first-order valence-corrected chi connectivity index (χ1v) is 13.6. The predicted molar refractivity (Wildman–Crippen MR) is 156 cm³/mol. The van der Waals surface area contributed by atoms with Gasteiger partial charge in [-0.1, -0.05) is 48.5 Å². The van der Waals surface area contributed by atoms with Crippen molar-refractivity contribution in [2.75, 3.05) is 14.2 Å². The lowest BCUT2D eigenvalue weighted by Crippen LogP contribution is -2.21. The van der Waals surface area contributed by atoms with Gasteiger partial charge in [0.1, 0.15) is 16.4 Å². The summed E-state index contributed by atoms with van der Waals surface area (Å²) >= 11 is 1.52. The van der Waals surface area contributed by atoms with Crippen molar-refractivity contribution in [3.8, 4) is 16.2 Å². The van der Waals surface area contributed by atoms with Crippen LogP contribution in [0.1, 0.15) is 35.3 Å². The van der Waals surface area contributed by atoms with Crippen LogP contribution >= 0.6 is 11.3 Å². The third kappa shape index (κ3) is 5.66. The first kappa shape index (κ1) is 26.8. The van der Waals surface area contributed by atoms with Crippen LogP contribution in [-0.2, 0) is 19.6 Å². The van der Waals surface area contributed by atoms with Crippen molar-refractivity contribution >= 4 is 21.6 Å². The molecule has 1 N–H and O–H groups in total. The number of halogens is 1. The van der Waals surface area contributed by atoms with E-state index >= 15 is 0 Å². The molecular formula is C32H31FN2O3S. The molecule has 39 heavy (non-hydrogen) atoms. The summed E-state index contributed by atoms with van der Waals surface area (Å²) in [4.78, 5) is 17.8. The molecule has 0 aliphatic rings. The number of thiophene rings is 1. The van der Waals surface area contributed by atoms with Gasteiger partial charge in [-0.15, -0.1) is 11.3 Å². The maximum absolute atomic E-state index is 14.7. The van der Waals surface area contributed by atoms with Crippen molar-refractivity contribution in [3.63, 3.8) is 0 Å². The van der Waals surface area contributed by atoms with Gasteiger partial charge in [0.25, 0.3) is 0 Å². The lowest BCUT2D eigenvalue weighted by molar-refractivity contribution is 0.197. The molecule has 0 radical (unpaired) electrons. The highest BCUT2D eigenvalue weighted by Crippen LogP contribution is 2.39. The van der Waals surface area contributed by atoms with Crippen LogP contribution in [0.3, 0.4) is 0 Å². The van der Waals surface area contributed by atoms with E-state index in [4.69, 9.17) is 4.74 Å². The Morgan fingerprint density at radius 1 is 1.00 bits per heavy atom. The van der Waals surface area contributed by atoms with Crippen LogP contribution in [0.15, 0.2) is 89.9 Å². The second kappa shape index (κ2) is 11.5. The molecule has 0 saturated heterocycles. The van der Waals surface area contributed by atoms with Crippen molar-refractivity contribution in [1.82, 2.24) is 9.47 Å². The Labute approximate surface area is 231 Å². The zero-order chi connectivity index (χ0) is 27.5. The van der Waals surface area contributed by atoms with Gasteiger partial charge in [0.2, 0.25) is 0 Å². The average Bonchev–Trinajstić information content (AvgIpc) is 3.31. The first-order valence-electron chi connectivity index (χ1n) is 12.8. The summed E-state index contributed by atoms with van der Waals surface area (Å²) in [5.41, 5.74) is 3.66. The third-order valence-electron chi connectivity index (χ3n) is 6.86. The number of aliphatic hydroxyl groups is 1. The Morgan fingerprint density at radius 2 is 1.69 bits per heavy atom. The first-order chi connectivity index (χ1) is 18.9. The molecule has 7 heteroatoms. The minimum Gasteiger partial charge on any atom is -0.497 e. The van der Waals surface area contributed by atoms with Crippen LogP contribution in [0, 0.1) is 5.82 Å². The van der Waals surface area contributed by atoms with Crippen LogP contribution in [0.4, 0.5) is 4.39 Å². The number of pyridine rings is 1. The largest absolute Gasteiger partial charge is 0.497 e. The molecule has 200 valence electrons. The number of benzene rings is 3. The van der Waals surface area contributed by atoms with E-state index in [-0.39, 0.29) is 17.8 Å². The summed E-state index contributed by atoms with van der Waals surface area (Å²) in [6, 6.07) is 24.6. The summed E-state index contributed by atoms with van der Waals surface area (Å²) in [6.07, 6.45) is 0.709. The molecule has 0 aliphatic heterocycles. The Morgan fingerprint density at radius 3 is 2.36 bits per heavy atom. The van der Waals surface area contributed by atoms with Crippen LogP contribution in [0.2, 0.25) is 0 Å². The fourth-order valence-electron chi connectivity index (χ4n) is 4.89. The second-order valence-corrected chi connectivity index (χ2v) is 10.8. The van der Waals surface area contributed by atoms with Gasteiger partial charge in [-0.2, -0.15) is 0 Å². The number of aromatic nitrogens is 1. The Bertz CT molecular complexity index is 1640. The van der Waals surface area contributed by atoms with Gasteiger partial charge >= 0.3 is 0 Å². The highest BCUT2D eigenvalue weighted by Gasteiger charge is 2.23. The van der Waals surface area contributed by atoms with E-state index < -0.39 is 6.10 Å². The quantitative estimate of drug-likeness (QED) is 0.228. The zero-order valence-electron chi connectivity index (χ0n) is 22.2. The standard InChI is InChI=1S/C32H31FN2O3S/c1-21(36)26-20-35(18-24-11-7-8-12-28(24)33)32-29(30(26)37)27(19-34(2)17-22-9-5-4-6-10-22)31(39-32)23-13-15-25(38-3)16-14-23/h4-16,20-21,36H,17-19H2,1-3H3. The summed E-state index contributed by atoms with van der Waals surface area (Å²) < 4.78 is 21.9. The molecule has 0 amide bonds. The predicted octanol–water partition coefficient (Wildman–Crippen LogP) is 6.61. The number of aliphatic hydroxyl groups excluding tert-OH is 1. The molecule has 0 fully saturated rings. The minimum absolute atomic E-state index is 0.191. The average molecular weight is 543 g/mol. The minimum atomic E-state index is -0.965. The molecule has 3 aromatic carbocycles. The fraction of sp³-hybridized carbons (Fsp3) is 0.219. The Balaban J connectivity index is 1.71. The molecule has 5 aromatic rings. The van der Waals surface area contributed by atoms with Gasteiger partial charge < -0.3 is 14.4 Å². The van der Waals surface area contributed by atoms with Crippen LogP contribution in [0.25, 0.3) is 20.7 Å². The van der Waals surface area contributed by atoms with E-state index in [1.54, 1.807) is 38.4 Å². The number of nitrogens with zero attached hydrogens (tertiary/aromatic N) is 2. The molecule has 2 aromatic heterocycles. The van der Waals surface area contributed by atoms with Gasteiger partial charge in [0.15, 0.2) is 5.43 Å². The highest BCUT2D eigenvalue weighted by atomic mass is 32.1. The summed E-state index contributed by atoms with van der Waals surface area (Å²) in [5, 5.41) is 11.1. The molecule has 0 bridgehead atoms. The maximum atomic E-state index is 14.7. The normalized spacial score (nSPS) is 12.3. The van der Waals surface area contributed by atoms with Crippen molar-refractivity contribution in [3.05, 3.63) is 123 Å². The Kier molecular flexibility index (Phi) is 7.93. The van der Waals surface area contributed by atoms with E-state index in [9.17, 15) is 14.3 Å². The van der Waals surface area contributed by atoms with Crippen molar-refractivity contribution in [2.24, 2.45) is 0 Å². The molecule has 2 heterocycles. The molecule has 1 atom stereocenters. The molecule has 5 rings (SSSR count). The van der Waals surface area contributed by atoms with Gasteiger partial charge in [-0.05, 0) is 61.0 Å². The lowest BCUT2D eigenvalue weighted by atomic mass is 10.0. The smallest absolute Gasteiger partial charge is 0.196 e. The summed E-state index contributed by atoms with van der Waals surface area (Å²) in [6.45, 7) is 3.06. The van der Waals surface area contributed by atoms with E-state index in [2.05, 4.69) is 17.0 Å². The summed E-state index contributed by atoms with van der Waals surface area (Å²) in [7, 11) is 3.66. The number of hydrogen-bond donors (Lipinski definition) is 1. The van der Waals surface area contributed by atoms with Crippen LogP contribution < -0.4 is 10.2 Å². The van der Waals surface area contributed by atoms with E-state index in [0.717, 1.165) is 26.6 Å². The summed E-state index contributed by atoms with van der Waals surface area (Å²) in [5.74, 6) is 0.441. The van der Waals surface area contributed by atoms with Gasteiger partial charge in [0.05, 0.1) is 25.1 Å². The van der Waals surface area contributed by atoms with Gasteiger partial charge in [0, 0.05) is 35.3 Å². The molecule has 0 saturated carbocycles. The number of hydrogen-bond acceptors (Lipinski definition) is 5. The lowest BCUT2D eigenvalue weighted by Gasteiger charge is -2.18. The molecular weight excluding hydrogens is 511 g/mol. The molecule has 0 spiro atoms. The molecule has 0 aliphatic carbocycles. The Hall–Kier alpha value is -3.78. The van der Waals surface area contributed by atoms with Crippen molar-refractivity contribution in [2.45, 2.75) is 32.7 Å². The SMILES string of the molecule is COc1ccc(-c2sc3c(c2CN(C)Cc2ccccc2)c(=O)c(C(C)O)cn3Cc2ccccc2F)cc1. The fourth-order valence-corrected chi connectivity index (χ4v) is 6.18. The number of fused-ring (bicyclic) bond motifs is 1. The number of ether oxygens (including phenoxy) is 1. The number of rotatable bonds is 9. The monoisotopic (exact) mass is 542 g/mol. The van der Waals surface area contributed by atoms with Crippen LogP contribution in [-0.4, -0.2) is 28.7 Å². The van der Waals surface area contributed by atoms with Crippen molar-refractivity contribution < 1.29 is 14.2 Å².